The van der Waals surface area contributed by atoms with Crippen LogP contribution in [0.5, 0.6) is 0 Å². The number of carboxylic acid groups (broad SMARTS) is 1. The number of nitrogens with one attached hydrogen (secondary N) is 1. The molecule has 1 heterocycles. The zero-order chi connectivity index (χ0) is 20.4. The van der Waals surface area contributed by atoms with Crippen molar-refractivity contribution in [1.29, 1.82) is 0 Å². The fourth-order valence-corrected chi connectivity index (χ4v) is 3.08. The minimum Gasteiger partial charge on any atom is -0.481 e. The first kappa shape index (κ1) is 23.6. The van der Waals surface area contributed by atoms with Gasteiger partial charge in [-0.3, -0.25) is 19.7 Å². The van der Waals surface area contributed by atoms with Crippen LogP contribution in [0.3, 0.4) is 0 Å². The van der Waals surface area contributed by atoms with Gasteiger partial charge < -0.3 is 15.3 Å². The average molecular weight is 426 g/mol. The lowest BCUT2D eigenvalue weighted by atomic mass is 9.96. The smallest absolute Gasteiger partial charge is 0.393 e. The highest BCUT2D eigenvalue weighted by Gasteiger charge is 2.52. The normalized spacial score (nSPS) is 19.7. The number of carboxylic acids is 1. The second-order valence-electron chi connectivity index (χ2n) is 6.36. The molecule has 0 aromatic heterocycles. The molecule has 0 aliphatic carbocycles. The number of likely N-dealkylation sites (tertiary alicyclic amines) is 1. The molecule has 2 atom stereocenters. The number of anilines is 1. The number of carbonyl (C=O) groups excluding carboxylic acids is 1. The topological polar surface area (TPSA) is 113 Å². The Kier molecular flexibility index (Phi) is 7.76. The van der Waals surface area contributed by atoms with E-state index in [0.29, 0.717) is 0 Å². The minimum absolute atomic E-state index is 0. The summed E-state index contributed by atoms with van der Waals surface area (Å²) in [6, 6.07) is 4.18. The monoisotopic (exact) mass is 425 g/mol. The Bertz CT molecular complexity index is 760. The fraction of sp³-hybridized carbons (Fsp3) is 0.500. The molecule has 1 aromatic carbocycles. The van der Waals surface area contributed by atoms with Crippen molar-refractivity contribution in [3.8, 4) is 0 Å². The van der Waals surface area contributed by atoms with Crippen molar-refractivity contribution in [2.75, 3.05) is 25.0 Å². The van der Waals surface area contributed by atoms with Gasteiger partial charge in [0.1, 0.15) is 0 Å². The Labute approximate surface area is 164 Å². The van der Waals surface area contributed by atoms with Crippen LogP contribution >= 0.6 is 12.4 Å². The maximum absolute atomic E-state index is 13.0. The quantitative estimate of drug-likeness (QED) is 0.535. The predicted molar refractivity (Wildman–Crippen MR) is 95.4 cm³/mol. The van der Waals surface area contributed by atoms with Crippen molar-refractivity contribution >= 4 is 35.7 Å². The van der Waals surface area contributed by atoms with Gasteiger partial charge in [-0.1, -0.05) is 6.07 Å². The van der Waals surface area contributed by atoms with Crippen LogP contribution in [-0.4, -0.2) is 52.6 Å². The number of carbonyl (C=O) groups is 2. The Morgan fingerprint density at radius 3 is 2.50 bits per heavy atom. The Morgan fingerprint density at radius 1 is 1.36 bits per heavy atom. The third-order valence-electron chi connectivity index (χ3n) is 4.56. The lowest BCUT2D eigenvalue weighted by Crippen LogP contribution is -2.33. The summed E-state index contributed by atoms with van der Waals surface area (Å²) in [6.45, 7) is 0.655. The van der Waals surface area contributed by atoms with Gasteiger partial charge in [-0.25, -0.2) is 0 Å². The summed E-state index contributed by atoms with van der Waals surface area (Å²) >= 11 is 0. The standard InChI is InChI=1S/C16H18F3N3O5.ClH/c1-9-12(3-2-4-13(9)22(26)27)20-14(23)5-6-21-7-10(15(24)25)11(8-21)16(17,18)19;/h2-4,10-11H,5-8H2,1H3,(H,20,23)(H,24,25);1H/t10-,11-;/m1./s1. The number of rotatable bonds is 6. The van der Waals surface area contributed by atoms with Crippen LogP contribution in [0.25, 0.3) is 0 Å². The highest BCUT2D eigenvalue weighted by molar-refractivity contribution is 5.92. The molecule has 1 saturated heterocycles. The second kappa shape index (κ2) is 9.20. The molecule has 0 unspecified atom stereocenters. The predicted octanol–water partition coefficient (Wildman–Crippen LogP) is 2.85. The summed E-state index contributed by atoms with van der Waals surface area (Å²) in [6.07, 6.45) is -4.79. The molecule has 1 aromatic rings. The van der Waals surface area contributed by atoms with E-state index in [4.69, 9.17) is 5.11 Å². The number of nitrogens with zero attached hydrogens (tertiary/aromatic N) is 2. The van der Waals surface area contributed by atoms with Crippen molar-refractivity contribution in [2.24, 2.45) is 11.8 Å². The van der Waals surface area contributed by atoms with Crippen molar-refractivity contribution in [3.05, 3.63) is 33.9 Å². The summed E-state index contributed by atoms with van der Waals surface area (Å²) in [5, 5.41) is 22.4. The summed E-state index contributed by atoms with van der Waals surface area (Å²) in [4.78, 5) is 34.7. The Morgan fingerprint density at radius 2 is 2.00 bits per heavy atom. The molecule has 1 amide bonds. The van der Waals surface area contributed by atoms with Gasteiger partial charge in [-0.2, -0.15) is 13.2 Å². The molecule has 2 N–H and O–H groups in total. The number of halogens is 4. The number of alkyl halides is 3. The SMILES string of the molecule is Cc1c(NC(=O)CCN2C[C@@H](C(F)(F)F)[C@H](C(=O)O)C2)cccc1[N+](=O)[O-].Cl. The fourth-order valence-electron chi connectivity index (χ4n) is 3.08. The van der Waals surface area contributed by atoms with Gasteiger partial charge in [0.2, 0.25) is 5.91 Å². The first-order chi connectivity index (χ1) is 12.5. The molecule has 1 aliphatic rings. The van der Waals surface area contributed by atoms with E-state index in [2.05, 4.69) is 5.32 Å². The van der Waals surface area contributed by atoms with Gasteiger partial charge in [0.15, 0.2) is 0 Å². The first-order valence-corrected chi connectivity index (χ1v) is 8.06. The Hall–Kier alpha value is -2.40. The Balaban J connectivity index is 0.00000392. The van der Waals surface area contributed by atoms with Crippen LogP contribution < -0.4 is 5.32 Å². The molecule has 0 spiro atoms. The lowest BCUT2D eigenvalue weighted by Gasteiger charge is -2.18. The van der Waals surface area contributed by atoms with E-state index in [-0.39, 0.29) is 48.9 Å². The maximum Gasteiger partial charge on any atom is 0.393 e. The molecule has 1 aliphatic heterocycles. The van der Waals surface area contributed by atoms with E-state index in [0.717, 1.165) is 0 Å². The van der Waals surface area contributed by atoms with Crippen LogP contribution in [0.2, 0.25) is 0 Å². The first-order valence-electron chi connectivity index (χ1n) is 8.06. The second-order valence-corrected chi connectivity index (χ2v) is 6.36. The van der Waals surface area contributed by atoms with E-state index in [1.807, 2.05) is 0 Å². The van der Waals surface area contributed by atoms with Crippen molar-refractivity contribution in [3.63, 3.8) is 0 Å². The van der Waals surface area contributed by atoms with Gasteiger partial charge in [0.05, 0.1) is 28.0 Å². The van der Waals surface area contributed by atoms with Crippen LogP contribution in [0.4, 0.5) is 24.5 Å². The number of amides is 1. The van der Waals surface area contributed by atoms with Gasteiger partial charge >= 0.3 is 12.1 Å². The summed E-state index contributed by atoms with van der Waals surface area (Å²) in [7, 11) is 0. The summed E-state index contributed by atoms with van der Waals surface area (Å²) in [5.41, 5.74) is 0.344. The summed E-state index contributed by atoms with van der Waals surface area (Å²) in [5.74, 6) is -5.58. The number of hydrogen-bond acceptors (Lipinski definition) is 5. The van der Waals surface area contributed by atoms with E-state index < -0.39 is 41.4 Å². The lowest BCUT2D eigenvalue weighted by molar-refractivity contribution is -0.385. The highest BCUT2D eigenvalue weighted by Crippen LogP contribution is 2.37. The van der Waals surface area contributed by atoms with E-state index in [9.17, 15) is 32.9 Å². The number of hydrogen-bond donors (Lipinski definition) is 2. The minimum atomic E-state index is -4.62. The van der Waals surface area contributed by atoms with Crippen LogP contribution in [0, 0.1) is 28.9 Å². The molecule has 0 bridgehead atoms. The van der Waals surface area contributed by atoms with Crippen molar-refractivity contribution in [1.82, 2.24) is 4.90 Å². The zero-order valence-corrected chi connectivity index (χ0v) is 15.5. The number of nitro benzene ring substituents is 1. The maximum atomic E-state index is 13.0. The molecule has 0 radical (unpaired) electrons. The van der Waals surface area contributed by atoms with E-state index in [1.165, 1.54) is 30.0 Å². The molecular weight excluding hydrogens is 407 g/mol. The largest absolute Gasteiger partial charge is 0.481 e. The highest BCUT2D eigenvalue weighted by atomic mass is 35.5. The molecule has 28 heavy (non-hydrogen) atoms. The van der Waals surface area contributed by atoms with Crippen molar-refractivity contribution < 1.29 is 32.8 Å². The zero-order valence-electron chi connectivity index (χ0n) is 14.7. The van der Waals surface area contributed by atoms with Crippen LogP contribution in [-0.2, 0) is 9.59 Å². The molecule has 0 saturated carbocycles. The third-order valence-corrected chi connectivity index (χ3v) is 4.56. The molecule has 156 valence electrons. The van der Waals surface area contributed by atoms with E-state index >= 15 is 0 Å². The molecule has 1 fully saturated rings. The van der Waals surface area contributed by atoms with Gasteiger partial charge in [-0.05, 0) is 13.0 Å². The summed E-state index contributed by atoms with van der Waals surface area (Å²) < 4.78 is 38.9. The molecular formula is C16H19ClF3N3O5. The number of aliphatic carboxylic acids is 1. The van der Waals surface area contributed by atoms with Gasteiger partial charge in [-0.15, -0.1) is 12.4 Å². The molecule has 12 heteroatoms. The molecule has 8 nitrogen and oxygen atoms in total. The van der Waals surface area contributed by atoms with Gasteiger partial charge in [0.25, 0.3) is 5.69 Å². The molecule has 2 rings (SSSR count). The van der Waals surface area contributed by atoms with E-state index in [1.54, 1.807) is 0 Å². The van der Waals surface area contributed by atoms with Crippen LogP contribution in [0.1, 0.15) is 12.0 Å². The third kappa shape index (κ3) is 5.55. The van der Waals surface area contributed by atoms with Gasteiger partial charge in [0, 0.05) is 32.1 Å². The average Bonchev–Trinajstić information content (AvgIpc) is 2.99. The van der Waals surface area contributed by atoms with Crippen LogP contribution in [0.15, 0.2) is 18.2 Å². The van der Waals surface area contributed by atoms with Crippen molar-refractivity contribution in [2.45, 2.75) is 19.5 Å². The number of nitro groups is 1. The number of benzene rings is 1.